The lowest BCUT2D eigenvalue weighted by Gasteiger charge is -2.30. The summed E-state index contributed by atoms with van der Waals surface area (Å²) < 4.78 is 1.99. The fourth-order valence-electron chi connectivity index (χ4n) is 3.79. The summed E-state index contributed by atoms with van der Waals surface area (Å²) >= 11 is 0. The Morgan fingerprint density at radius 3 is 2.57 bits per heavy atom. The van der Waals surface area contributed by atoms with Crippen molar-refractivity contribution in [2.75, 3.05) is 23.7 Å². The molecule has 0 saturated carbocycles. The summed E-state index contributed by atoms with van der Waals surface area (Å²) in [6.07, 6.45) is 1.64. The van der Waals surface area contributed by atoms with E-state index in [0.717, 1.165) is 35.5 Å². The van der Waals surface area contributed by atoms with Gasteiger partial charge >= 0.3 is 0 Å². The number of benzene rings is 1. The lowest BCUT2D eigenvalue weighted by atomic mass is 10.2. The largest absolute Gasteiger partial charge is 0.367 e. The molecule has 9 heteroatoms. The van der Waals surface area contributed by atoms with Crippen LogP contribution in [0.5, 0.6) is 0 Å². The van der Waals surface area contributed by atoms with Crippen molar-refractivity contribution in [2.24, 2.45) is 7.05 Å². The monoisotopic (exact) mass is 407 g/mol. The average Bonchev–Trinajstić information content (AvgIpc) is 3.30. The number of rotatable bonds is 8. The van der Waals surface area contributed by atoms with Crippen LogP contribution in [0.15, 0.2) is 30.6 Å². The first-order chi connectivity index (χ1) is 14.4. The van der Waals surface area contributed by atoms with Crippen molar-refractivity contribution in [3.63, 3.8) is 0 Å². The van der Waals surface area contributed by atoms with Gasteiger partial charge in [0.15, 0.2) is 11.5 Å². The van der Waals surface area contributed by atoms with E-state index in [2.05, 4.69) is 68.1 Å². The molecular weight excluding hydrogens is 378 g/mol. The van der Waals surface area contributed by atoms with Crippen LogP contribution in [-0.2, 0) is 7.05 Å². The molecule has 0 unspecified atom stereocenters. The van der Waals surface area contributed by atoms with Crippen molar-refractivity contribution in [3.05, 3.63) is 30.6 Å². The molecule has 158 valence electrons. The van der Waals surface area contributed by atoms with E-state index in [1.807, 2.05) is 35.9 Å². The van der Waals surface area contributed by atoms with E-state index in [0.29, 0.717) is 29.6 Å². The van der Waals surface area contributed by atoms with Crippen LogP contribution in [0.3, 0.4) is 0 Å². The van der Waals surface area contributed by atoms with E-state index < -0.39 is 0 Å². The number of fused-ring (bicyclic) bond motifs is 2. The van der Waals surface area contributed by atoms with E-state index in [1.165, 1.54) is 0 Å². The Hall–Kier alpha value is -3.20. The van der Waals surface area contributed by atoms with Gasteiger partial charge in [-0.15, -0.1) is 0 Å². The number of para-hydroxylation sites is 2. The smallest absolute Gasteiger partial charge is 0.233 e. The number of H-pyrrole nitrogens is 1. The molecule has 3 aromatic heterocycles. The Bertz CT molecular complexity index is 1130. The molecule has 4 aromatic rings. The van der Waals surface area contributed by atoms with Crippen LogP contribution in [0.25, 0.3) is 22.2 Å². The SMILES string of the molecule is CC(C)N(CCNc1nc(Nc2nc3ccccc3n2C)nc2nc[nH]c12)C(C)C. The molecule has 0 amide bonds. The number of nitrogens with zero attached hydrogens (tertiary/aromatic N) is 6. The van der Waals surface area contributed by atoms with Crippen molar-refractivity contribution in [3.8, 4) is 0 Å². The number of aromatic amines is 1. The number of aryl methyl sites for hydroxylation is 1. The molecule has 1 aromatic carbocycles. The summed E-state index contributed by atoms with van der Waals surface area (Å²) in [5, 5.41) is 6.70. The Labute approximate surface area is 176 Å². The van der Waals surface area contributed by atoms with Crippen molar-refractivity contribution in [1.29, 1.82) is 0 Å². The zero-order chi connectivity index (χ0) is 21.3. The van der Waals surface area contributed by atoms with Crippen molar-refractivity contribution in [2.45, 2.75) is 39.8 Å². The van der Waals surface area contributed by atoms with Gasteiger partial charge in [0.1, 0.15) is 5.52 Å². The molecule has 0 fully saturated rings. The highest BCUT2D eigenvalue weighted by molar-refractivity contribution is 5.84. The fraction of sp³-hybridized carbons (Fsp3) is 0.429. The van der Waals surface area contributed by atoms with Gasteiger partial charge in [-0.2, -0.15) is 9.97 Å². The molecule has 3 N–H and O–H groups in total. The van der Waals surface area contributed by atoms with Gasteiger partial charge in [0.05, 0.1) is 17.4 Å². The molecule has 0 bridgehead atoms. The number of hydrogen-bond acceptors (Lipinski definition) is 7. The highest BCUT2D eigenvalue weighted by Gasteiger charge is 2.15. The Kier molecular flexibility index (Phi) is 5.54. The summed E-state index contributed by atoms with van der Waals surface area (Å²) in [6.45, 7) is 10.6. The van der Waals surface area contributed by atoms with Gasteiger partial charge in [0.2, 0.25) is 11.9 Å². The quantitative estimate of drug-likeness (QED) is 0.411. The first-order valence-corrected chi connectivity index (χ1v) is 10.3. The molecular formula is C21H29N9. The highest BCUT2D eigenvalue weighted by Crippen LogP contribution is 2.23. The molecule has 0 saturated heterocycles. The standard InChI is InChI=1S/C21H29N9/c1-13(2)30(14(3)4)11-10-22-18-17-19(24-12-23-17)27-20(26-18)28-21-25-15-8-6-7-9-16(15)29(21)5/h6-9,12-14H,10-11H2,1-5H3,(H3,22,23,24,25,26,27,28). The zero-order valence-corrected chi connectivity index (χ0v) is 18.1. The predicted molar refractivity (Wildman–Crippen MR) is 121 cm³/mol. The Balaban J connectivity index is 1.57. The summed E-state index contributed by atoms with van der Waals surface area (Å²) in [4.78, 5) is 23.8. The molecule has 9 nitrogen and oxygen atoms in total. The number of hydrogen-bond donors (Lipinski definition) is 3. The second kappa shape index (κ2) is 8.27. The molecule has 3 heterocycles. The Morgan fingerprint density at radius 2 is 1.83 bits per heavy atom. The summed E-state index contributed by atoms with van der Waals surface area (Å²) in [7, 11) is 1.97. The van der Waals surface area contributed by atoms with E-state index in [9.17, 15) is 0 Å². The average molecular weight is 408 g/mol. The number of imidazole rings is 2. The maximum atomic E-state index is 4.69. The van der Waals surface area contributed by atoms with Gasteiger partial charge in [0.25, 0.3) is 0 Å². The molecule has 0 atom stereocenters. The fourth-order valence-corrected chi connectivity index (χ4v) is 3.79. The summed E-state index contributed by atoms with van der Waals surface area (Å²) in [5.74, 6) is 1.87. The second-order valence-corrected chi connectivity index (χ2v) is 7.96. The maximum Gasteiger partial charge on any atom is 0.233 e. The highest BCUT2D eigenvalue weighted by atomic mass is 15.3. The molecule has 4 rings (SSSR count). The van der Waals surface area contributed by atoms with Crippen LogP contribution in [-0.4, -0.2) is 59.6 Å². The van der Waals surface area contributed by atoms with E-state index in [1.54, 1.807) is 6.33 Å². The number of nitrogens with one attached hydrogen (secondary N) is 3. The number of aromatic nitrogens is 6. The lowest BCUT2D eigenvalue weighted by molar-refractivity contribution is 0.182. The molecule has 0 aliphatic rings. The third kappa shape index (κ3) is 3.93. The van der Waals surface area contributed by atoms with Crippen LogP contribution in [0, 0.1) is 0 Å². The van der Waals surface area contributed by atoms with Crippen LogP contribution in [0.1, 0.15) is 27.7 Å². The molecule has 0 spiro atoms. The third-order valence-electron chi connectivity index (χ3n) is 5.29. The van der Waals surface area contributed by atoms with Crippen LogP contribution in [0.2, 0.25) is 0 Å². The number of anilines is 3. The summed E-state index contributed by atoms with van der Waals surface area (Å²) in [5.41, 5.74) is 3.37. The Morgan fingerprint density at radius 1 is 1.07 bits per heavy atom. The van der Waals surface area contributed by atoms with Gasteiger partial charge in [-0.25, -0.2) is 9.97 Å². The van der Waals surface area contributed by atoms with Crippen molar-refractivity contribution in [1.82, 2.24) is 34.4 Å². The minimum atomic E-state index is 0.458. The van der Waals surface area contributed by atoms with Crippen LogP contribution in [0.4, 0.5) is 17.7 Å². The van der Waals surface area contributed by atoms with Crippen LogP contribution < -0.4 is 10.6 Å². The minimum absolute atomic E-state index is 0.458. The third-order valence-corrected chi connectivity index (χ3v) is 5.29. The van der Waals surface area contributed by atoms with Gasteiger partial charge in [-0.1, -0.05) is 12.1 Å². The second-order valence-electron chi connectivity index (χ2n) is 7.96. The van der Waals surface area contributed by atoms with E-state index >= 15 is 0 Å². The minimum Gasteiger partial charge on any atom is -0.367 e. The van der Waals surface area contributed by atoms with Crippen molar-refractivity contribution >= 4 is 39.9 Å². The van der Waals surface area contributed by atoms with Gasteiger partial charge < -0.3 is 14.9 Å². The normalized spacial score (nSPS) is 12.0. The van der Waals surface area contributed by atoms with E-state index in [4.69, 9.17) is 0 Å². The molecule has 30 heavy (non-hydrogen) atoms. The molecule has 0 aliphatic heterocycles. The lowest BCUT2D eigenvalue weighted by Crippen LogP contribution is -2.40. The van der Waals surface area contributed by atoms with Gasteiger partial charge in [-0.3, -0.25) is 10.2 Å². The zero-order valence-electron chi connectivity index (χ0n) is 18.1. The van der Waals surface area contributed by atoms with Gasteiger partial charge in [-0.05, 0) is 39.8 Å². The van der Waals surface area contributed by atoms with Crippen LogP contribution >= 0.6 is 0 Å². The topological polar surface area (TPSA) is 99.6 Å². The predicted octanol–water partition coefficient (Wildman–Crippen LogP) is 3.51. The summed E-state index contributed by atoms with van der Waals surface area (Å²) in [6, 6.07) is 8.97. The first kappa shape index (κ1) is 20.1. The van der Waals surface area contributed by atoms with Crippen molar-refractivity contribution < 1.29 is 0 Å². The first-order valence-electron chi connectivity index (χ1n) is 10.3. The molecule has 0 aliphatic carbocycles. The molecule has 0 radical (unpaired) electrons. The maximum absolute atomic E-state index is 4.69. The van der Waals surface area contributed by atoms with E-state index in [-0.39, 0.29) is 0 Å². The van der Waals surface area contributed by atoms with Gasteiger partial charge in [0, 0.05) is 32.2 Å².